The zero-order chi connectivity index (χ0) is 17.0. The molecule has 1 aromatic carbocycles. The van der Waals surface area contributed by atoms with Crippen LogP contribution in [0.15, 0.2) is 45.3 Å². The van der Waals surface area contributed by atoms with Crippen LogP contribution in [0.1, 0.15) is 42.7 Å². The maximum atomic E-state index is 12.7. The number of carbonyl (C=O) groups is 1. The van der Waals surface area contributed by atoms with Gasteiger partial charge in [0.05, 0.1) is 0 Å². The molecule has 6 rings (SSSR count). The minimum absolute atomic E-state index is 0.0548. The van der Waals surface area contributed by atoms with E-state index in [4.69, 9.17) is 4.42 Å². The van der Waals surface area contributed by atoms with E-state index in [1.54, 1.807) is 6.07 Å². The first-order chi connectivity index (χ1) is 12.2. The van der Waals surface area contributed by atoms with Crippen molar-refractivity contribution in [2.45, 2.75) is 38.1 Å². The normalized spacial score (nSPS) is 32.8. The van der Waals surface area contributed by atoms with Gasteiger partial charge >= 0.3 is 0 Å². The maximum absolute atomic E-state index is 12.7. The molecule has 2 aromatic rings. The van der Waals surface area contributed by atoms with Gasteiger partial charge in [0.1, 0.15) is 5.76 Å². The molecule has 4 heteroatoms. The van der Waals surface area contributed by atoms with E-state index in [9.17, 15) is 4.79 Å². The van der Waals surface area contributed by atoms with E-state index >= 15 is 0 Å². The molecular weight excluding hydrogens is 378 g/mol. The molecule has 3 nitrogen and oxygen atoms in total. The Morgan fingerprint density at radius 2 is 1.56 bits per heavy atom. The highest BCUT2D eigenvalue weighted by Crippen LogP contribution is 2.53. The van der Waals surface area contributed by atoms with Crippen molar-refractivity contribution in [1.29, 1.82) is 0 Å². The molecule has 1 N–H and O–H groups in total. The smallest absolute Gasteiger partial charge is 0.287 e. The van der Waals surface area contributed by atoms with Crippen LogP contribution in [0.25, 0.3) is 11.3 Å². The molecular formula is C21H22BrNO2. The Kier molecular flexibility index (Phi) is 3.77. The molecule has 1 heterocycles. The van der Waals surface area contributed by atoms with Gasteiger partial charge in [0, 0.05) is 16.1 Å². The summed E-state index contributed by atoms with van der Waals surface area (Å²) in [7, 11) is 0. The number of hydrogen-bond acceptors (Lipinski definition) is 2. The number of rotatable bonds is 3. The van der Waals surface area contributed by atoms with Crippen LogP contribution in [-0.2, 0) is 0 Å². The Labute approximate surface area is 156 Å². The van der Waals surface area contributed by atoms with E-state index in [1.165, 1.54) is 32.1 Å². The highest BCUT2D eigenvalue weighted by Gasteiger charge is 2.48. The van der Waals surface area contributed by atoms with E-state index in [1.807, 2.05) is 30.3 Å². The molecule has 0 spiro atoms. The van der Waals surface area contributed by atoms with Crippen molar-refractivity contribution < 1.29 is 9.21 Å². The molecule has 0 atom stereocenters. The lowest BCUT2D eigenvalue weighted by atomic mass is 9.54. The first-order valence-corrected chi connectivity index (χ1v) is 10.1. The lowest BCUT2D eigenvalue weighted by Gasteiger charge is -2.54. The summed E-state index contributed by atoms with van der Waals surface area (Å²) in [5.74, 6) is 4.31. The fraction of sp³-hybridized carbons (Fsp3) is 0.476. The van der Waals surface area contributed by atoms with Crippen LogP contribution in [0.4, 0.5) is 0 Å². The van der Waals surface area contributed by atoms with Gasteiger partial charge in [-0.15, -0.1) is 0 Å². The van der Waals surface area contributed by atoms with Gasteiger partial charge < -0.3 is 9.73 Å². The highest BCUT2D eigenvalue weighted by atomic mass is 79.9. The first kappa shape index (κ1) is 15.7. The third-order valence-electron chi connectivity index (χ3n) is 6.48. The van der Waals surface area contributed by atoms with E-state index < -0.39 is 0 Å². The van der Waals surface area contributed by atoms with E-state index in [-0.39, 0.29) is 5.91 Å². The molecule has 25 heavy (non-hydrogen) atoms. The van der Waals surface area contributed by atoms with Gasteiger partial charge in [-0.05, 0) is 80.0 Å². The molecule has 1 aromatic heterocycles. The Morgan fingerprint density at radius 3 is 2.20 bits per heavy atom. The van der Waals surface area contributed by atoms with E-state index in [0.29, 0.717) is 23.6 Å². The number of carbonyl (C=O) groups excluding carboxylic acids is 1. The summed E-state index contributed by atoms with van der Waals surface area (Å²) in [5.41, 5.74) is 0.983. The summed E-state index contributed by atoms with van der Waals surface area (Å²) in [4.78, 5) is 12.7. The quantitative estimate of drug-likeness (QED) is 0.763. The fourth-order valence-electron chi connectivity index (χ4n) is 5.61. The summed E-state index contributed by atoms with van der Waals surface area (Å²) < 4.78 is 6.87. The van der Waals surface area contributed by atoms with Crippen LogP contribution < -0.4 is 5.32 Å². The molecule has 0 radical (unpaired) electrons. The number of hydrogen-bond donors (Lipinski definition) is 1. The van der Waals surface area contributed by atoms with Crippen molar-refractivity contribution in [3.63, 3.8) is 0 Å². The fourth-order valence-corrected chi connectivity index (χ4v) is 5.88. The Balaban J connectivity index is 1.31. The monoisotopic (exact) mass is 399 g/mol. The average Bonchev–Trinajstić information content (AvgIpc) is 3.08. The Hall–Kier alpha value is -1.55. The SMILES string of the molecule is O=C(NC1C2CC3CC(C2)CC1C3)c1ccc(-c2ccc(Br)cc2)o1. The van der Waals surface area contributed by atoms with Crippen molar-refractivity contribution in [3.8, 4) is 11.3 Å². The third kappa shape index (κ3) is 2.84. The summed E-state index contributed by atoms with van der Waals surface area (Å²) >= 11 is 3.44. The topological polar surface area (TPSA) is 42.2 Å². The molecule has 1 amide bonds. The zero-order valence-electron chi connectivity index (χ0n) is 14.1. The summed E-state index contributed by atoms with van der Waals surface area (Å²) in [6.45, 7) is 0. The predicted molar refractivity (Wildman–Crippen MR) is 100 cm³/mol. The van der Waals surface area contributed by atoms with Crippen LogP contribution in [-0.4, -0.2) is 11.9 Å². The van der Waals surface area contributed by atoms with E-state index in [0.717, 1.165) is 27.6 Å². The highest BCUT2D eigenvalue weighted by molar-refractivity contribution is 9.10. The standard InChI is InChI=1S/C21H22BrNO2/c22-17-3-1-14(2-4-17)18-5-6-19(25-18)21(24)23-20-15-8-12-7-13(10-15)11-16(20)9-12/h1-6,12-13,15-16,20H,7-11H2,(H,23,24). The van der Waals surface area contributed by atoms with Crippen LogP contribution in [0.5, 0.6) is 0 Å². The second-order valence-electron chi connectivity index (χ2n) is 8.10. The minimum Gasteiger partial charge on any atom is -0.451 e. The van der Waals surface area contributed by atoms with Crippen LogP contribution in [0.2, 0.25) is 0 Å². The summed E-state index contributed by atoms with van der Waals surface area (Å²) in [6, 6.07) is 12.0. The van der Waals surface area contributed by atoms with Crippen LogP contribution >= 0.6 is 15.9 Å². The molecule has 4 fully saturated rings. The molecule has 130 valence electrons. The zero-order valence-corrected chi connectivity index (χ0v) is 15.7. The van der Waals surface area contributed by atoms with Gasteiger partial charge in [0.25, 0.3) is 5.91 Å². The lowest BCUT2D eigenvalue weighted by molar-refractivity contribution is -0.0122. The van der Waals surface area contributed by atoms with Gasteiger partial charge in [0.2, 0.25) is 0 Å². The van der Waals surface area contributed by atoms with Crippen molar-refractivity contribution in [2.24, 2.45) is 23.7 Å². The number of amides is 1. The van der Waals surface area contributed by atoms with Crippen molar-refractivity contribution >= 4 is 21.8 Å². The van der Waals surface area contributed by atoms with Gasteiger partial charge in [-0.25, -0.2) is 0 Å². The van der Waals surface area contributed by atoms with Crippen LogP contribution in [0, 0.1) is 23.7 Å². The molecule has 0 aliphatic heterocycles. The van der Waals surface area contributed by atoms with Gasteiger partial charge in [-0.1, -0.05) is 28.1 Å². The van der Waals surface area contributed by atoms with Crippen molar-refractivity contribution in [2.75, 3.05) is 0 Å². The molecule has 4 aliphatic rings. The molecule has 0 saturated heterocycles. The van der Waals surface area contributed by atoms with Gasteiger partial charge in [-0.2, -0.15) is 0 Å². The Morgan fingerprint density at radius 1 is 0.920 bits per heavy atom. The van der Waals surface area contributed by atoms with Crippen molar-refractivity contribution in [1.82, 2.24) is 5.32 Å². The Bertz CT molecular complexity index is 766. The van der Waals surface area contributed by atoms with Crippen LogP contribution in [0.3, 0.4) is 0 Å². The first-order valence-electron chi connectivity index (χ1n) is 9.32. The van der Waals surface area contributed by atoms with E-state index in [2.05, 4.69) is 21.2 Å². The second-order valence-corrected chi connectivity index (χ2v) is 9.02. The number of benzene rings is 1. The second kappa shape index (κ2) is 6.01. The minimum atomic E-state index is -0.0548. The third-order valence-corrected chi connectivity index (χ3v) is 7.01. The lowest BCUT2D eigenvalue weighted by Crippen LogP contribution is -2.55. The van der Waals surface area contributed by atoms with Gasteiger partial charge in [0.15, 0.2) is 5.76 Å². The average molecular weight is 400 g/mol. The maximum Gasteiger partial charge on any atom is 0.287 e. The van der Waals surface area contributed by atoms with Gasteiger partial charge in [-0.3, -0.25) is 4.79 Å². The molecule has 0 unspecified atom stereocenters. The predicted octanol–water partition coefficient (Wildman–Crippen LogP) is 5.26. The number of furan rings is 1. The molecule has 4 aliphatic carbocycles. The summed E-state index contributed by atoms with van der Waals surface area (Å²) in [5, 5.41) is 3.31. The van der Waals surface area contributed by atoms with Crippen molar-refractivity contribution in [3.05, 3.63) is 46.6 Å². The summed E-state index contributed by atoms with van der Waals surface area (Å²) in [6.07, 6.45) is 6.66. The molecule has 4 bridgehead atoms. The largest absolute Gasteiger partial charge is 0.451 e. The number of nitrogens with one attached hydrogen (secondary N) is 1. The molecule has 4 saturated carbocycles. The number of halogens is 1.